The van der Waals surface area contributed by atoms with Crippen LogP contribution in [-0.2, 0) is 4.79 Å². The first-order valence-electron chi connectivity index (χ1n) is 5.55. The fourth-order valence-corrected chi connectivity index (χ4v) is 2.15. The molecule has 1 saturated heterocycles. The normalized spacial score (nSPS) is 21.1. The lowest BCUT2D eigenvalue weighted by molar-refractivity contribution is -0.128. The van der Waals surface area contributed by atoms with Crippen molar-refractivity contribution in [2.75, 3.05) is 13.1 Å². The van der Waals surface area contributed by atoms with Crippen LogP contribution >= 0.6 is 15.9 Å². The number of carbonyl (C=O) groups excluding carboxylic acids is 1. The summed E-state index contributed by atoms with van der Waals surface area (Å²) in [5.41, 5.74) is 0. The number of aliphatic hydroxyl groups excluding tert-OH is 1. The average Bonchev–Trinajstić information content (AvgIpc) is 2.72. The average molecular weight is 300 g/mol. The molecular weight excluding hydrogens is 286 g/mol. The van der Waals surface area contributed by atoms with E-state index in [4.69, 9.17) is 4.42 Å². The van der Waals surface area contributed by atoms with Crippen molar-refractivity contribution in [2.24, 2.45) is 0 Å². The van der Waals surface area contributed by atoms with E-state index in [1.165, 1.54) is 6.08 Å². The monoisotopic (exact) mass is 299 g/mol. The minimum atomic E-state index is -0.390. The predicted molar refractivity (Wildman–Crippen MR) is 67.3 cm³/mol. The van der Waals surface area contributed by atoms with Crippen LogP contribution < -0.4 is 0 Å². The van der Waals surface area contributed by atoms with E-state index in [-0.39, 0.29) is 12.0 Å². The van der Waals surface area contributed by atoms with E-state index in [1.54, 1.807) is 23.1 Å². The van der Waals surface area contributed by atoms with E-state index < -0.39 is 0 Å². The Labute approximate surface area is 108 Å². The van der Waals surface area contributed by atoms with E-state index in [2.05, 4.69) is 15.9 Å². The number of likely N-dealkylation sites (tertiary alicyclic amines) is 1. The summed E-state index contributed by atoms with van der Waals surface area (Å²) in [6.45, 7) is 1.13. The molecular formula is C12H14BrNO3. The van der Waals surface area contributed by atoms with Crippen LogP contribution in [0.2, 0.25) is 0 Å². The largest absolute Gasteiger partial charge is 0.450 e. The Kier molecular flexibility index (Phi) is 4.02. The summed E-state index contributed by atoms with van der Waals surface area (Å²) in [6.07, 6.45) is 4.35. The molecule has 4 nitrogen and oxygen atoms in total. The van der Waals surface area contributed by atoms with Crippen molar-refractivity contribution in [3.63, 3.8) is 0 Å². The number of β-amino-alcohol motifs (C(OH)–C–C–N with tert-alkyl or cyclic N) is 1. The second kappa shape index (κ2) is 5.51. The van der Waals surface area contributed by atoms with Crippen LogP contribution in [-0.4, -0.2) is 35.1 Å². The Bertz CT molecular complexity index is 427. The molecule has 0 radical (unpaired) electrons. The first-order valence-corrected chi connectivity index (χ1v) is 6.35. The third-order valence-corrected chi connectivity index (χ3v) is 3.12. The Balaban J connectivity index is 1.94. The highest BCUT2D eigenvalue weighted by atomic mass is 79.9. The van der Waals surface area contributed by atoms with Crippen molar-refractivity contribution in [1.82, 2.24) is 4.90 Å². The van der Waals surface area contributed by atoms with E-state index in [9.17, 15) is 9.90 Å². The Morgan fingerprint density at radius 2 is 2.41 bits per heavy atom. The second-order valence-electron chi connectivity index (χ2n) is 4.06. The Morgan fingerprint density at radius 3 is 3.06 bits per heavy atom. The zero-order valence-corrected chi connectivity index (χ0v) is 10.9. The highest BCUT2D eigenvalue weighted by Crippen LogP contribution is 2.16. The van der Waals surface area contributed by atoms with E-state index >= 15 is 0 Å². The minimum absolute atomic E-state index is 0.0868. The maximum atomic E-state index is 11.8. The Hall–Kier alpha value is -1.07. The predicted octanol–water partition coefficient (Wildman–Crippen LogP) is 2.04. The number of rotatable bonds is 2. The van der Waals surface area contributed by atoms with Gasteiger partial charge in [-0.15, -0.1) is 0 Å². The summed E-state index contributed by atoms with van der Waals surface area (Å²) in [5.74, 6) is 0.541. The van der Waals surface area contributed by atoms with Gasteiger partial charge in [-0.05, 0) is 47.0 Å². The third kappa shape index (κ3) is 3.44. The van der Waals surface area contributed by atoms with Crippen molar-refractivity contribution < 1.29 is 14.3 Å². The molecule has 92 valence electrons. The van der Waals surface area contributed by atoms with Crippen LogP contribution in [0.25, 0.3) is 6.08 Å². The maximum absolute atomic E-state index is 11.8. The molecule has 5 heteroatoms. The molecule has 1 aromatic rings. The van der Waals surface area contributed by atoms with Crippen molar-refractivity contribution in [2.45, 2.75) is 18.9 Å². The van der Waals surface area contributed by atoms with Crippen molar-refractivity contribution in [3.05, 3.63) is 28.6 Å². The maximum Gasteiger partial charge on any atom is 0.246 e. The van der Waals surface area contributed by atoms with Crippen LogP contribution in [0.5, 0.6) is 0 Å². The van der Waals surface area contributed by atoms with Gasteiger partial charge in [0.15, 0.2) is 4.67 Å². The molecule has 2 rings (SSSR count). The summed E-state index contributed by atoms with van der Waals surface area (Å²) in [5, 5.41) is 9.47. The lowest BCUT2D eigenvalue weighted by atomic mass is 10.1. The minimum Gasteiger partial charge on any atom is -0.450 e. The Morgan fingerprint density at radius 1 is 1.59 bits per heavy atom. The molecule has 1 aliphatic heterocycles. The van der Waals surface area contributed by atoms with Gasteiger partial charge >= 0.3 is 0 Å². The van der Waals surface area contributed by atoms with Gasteiger partial charge in [0.25, 0.3) is 0 Å². The molecule has 0 bridgehead atoms. The fraction of sp³-hybridized carbons (Fsp3) is 0.417. The molecule has 2 heterocycles. The van der Waals surface area contributed by atoms with Crippen LogP contribution in [0.3, 0.4) is 0 Å². The number of halogens is 1. The van der Waals surface area contributed by atoms with Gasteiger partial charge in [-0.3, -0.25) is 4.79 Å². The quantitative estimate of drug-likeness (QED) is 0.850. The molecule has 1 N–H and O–H groups in total. The summed E-state index contributed by atoms with van der Waals surface area (Å²) in [4.78, 5) is 13.5. The molecule has 17 heavy (non-hydrogen) atoms. The lowest BCUT2D eigenvalue weighted by Gasteiger charge is -2.29. The fourth-order valence-electron chi connectivity index (χ4n) is 1.83. The third-order valence-electron chi connectivity index (χ3n) is 2.69. The number of nitrogens with zero attached hydrogens (tertiary/aromatic N) is 1. The van der Waals surface area contributed by atoms with Gasteiger partial charge in [0.2, 0.25) is 5.91 Å². The standard InChI is InChI=1S/C12H14BrNO3/c13-11-5-3-10(17-11)4-6-12(16)14-7-1-2-9(15)8-14/h3-6,9,15H,1-2,7-8H2/b6-4+. The smallest absolute Gasteiger partial charge is 0.246 e. The van der Waals surface area contributed by atoms with E-state index in [1.807, 2.05) is 0 Å². The molecule has 0 aliphatic carbocycles. The van der Waals surface area contributed by atoms with Gasteiger partial charge in [0, 0.05) is 19.2 Å². The second-order valence-corrected chi connectivity index (χ2v) is 4.84. The molecule has 1 unspecified atom stereocenters. The van der Waals surface area contributed by atoms with Gasteiger partial charge < -0.3 is 14.4 Å². The van der Waals surface area contributed by atoms with Crippen LogP contribution in [0.4, 0.5) is 0 Å². The van der Waals surface area contributed by atoms with Gasteiger partial charge in [-0.1, -0.05) is 0 Å². The molecule has 1 aromatic heterocycles. The van der Waals surface area contributed by atoms with Crippen LogP contribution in [0, 0.1) is 0 Å². The molecule has 0 aromatic carbocycles. The molecule has 1 fully saturated rings. The highest BCUT2D eigenvalue weighted by Gasteiger charge is 2.20. The number of furan rings is 1. The number of aliphatic hydroxyl groups is 1. The zero-order valence-electron chi connectivity index (χ0n) is 9.30. The van der Waals surface area contributed by atoms with Crippen molar-refractivity contribution in [3.8, 4) is 0 Å². The number of hydrogen-bond donors (Lipinski definition) is 1. The first kappa shape index (κ1) is 12.4. The van der Waals surface area contributed by atoms with Gasteiger partial charge in [0.1, 0.15) is 5.76 Å². The van der Waals surface area contributed by atoms with Gasteiger partial charge in [0.05, 0.1) is 6.10 Å². The summed E-state index contributed by atoms with van der Waals surface area (Å²) in [7, 11) is 0. The van der Waals surface area contributed by atoms with Gasteiger partial charge in [-0.25, -0.2) is 0 Å². The van der Waals surface area contributed by atoms with E-state index in [0.717, 1.165) is 12.8 Å². The van der Waals surface area contributed by atoms with Crippen molar-refractivity contribution >= 4 is 27.9 Å². The number of amides is 1. The van der Waals surface area contributed by atoms with Crippen LogP contribution in [0.15, 0.2) is 27.3 Å². The van der Waals surface area contributed by atoms with Crippen LogP contribution in [0.1, 0.15) is 18.6 Å². The van der Waals surface area contributed by atoms with Gasteiger partial charge in [-0.2, -0.15) is 0 Å². The SMILES string of the molecule is O=C(/C=C/c1ccc(Br)o1)N1CCCC(O)C1. The zero-order chi connectivity index (χ0) is 12.3. The topological polar surface area (TPSA) is 53.7 Å². The summed E-state index contributed by atoms with van der Waals surface area (Å²) in [6, 6.07) is 3.55. The summed E-state index contributed by atoms with van der Waals surface area (Å²) < 4.78 is 5.89. The molecule has 0 saturated carbocycles. The highest BCUT2D eigenvalue weighted by molar-refractivity contribution is 9.10. The summed E-state index contributed by atoms with van der Waals surface area (Å²) >= 11 is 3.19. The number of piperidine rings is 1. The lowest BCUT2D eigenvalue weighted by Crippen LogP contribution is -2.41. The molecule has 1 atom stereocenters. The van der Waals surface area contributed by atoms with Crippen molar-refractivity contribution in [1.29, 1.82) is 0 Å². The first-order chi connectivity index (χ1) is 8.15. The number of carbonyl (C=O) groups is 1. The number of hydrogen-bond acceptors (Lipinski definition) is 3. The molecule has 0 spiro atoms. The molecule has 1 aliphatic rings. The molecule has 1 amide bonds. The van der Waals surface area contributed by atoms with E-state index in [0.29, 0.717) is 23.5 Å².